The van der Waals surface area contributed by atoms with Crippen LogP contribution in [0.5, 0.6) is 5.75 Å². The zero-order valence-electron chi connectivity index (χ0n) is 15.9. The SMILES string of the molecule is O=C(NCC1Cc2cccc(-c3ccccc3Cl)c2O1)OCCc1ccccc1. The highest BCUT2D eigenvalue weighted by molar-refractivity contribution is 6.33. The van der Waals surface area contributed by atoms with E-state index in [-0.39, 0.29) is 6.10 Å². The standard InChI is InChI=1S/C24H22ClNO3/c25-22-12-5-4-10-20(22)21-11-6-9-18-15-19(29-23(18)21)16-26-24(27)28-14-13-17-7-2-1-3-8-17/h1-12,19H,13-16H2,(H,26,27). The Morgan fingerprint density at radius 2 is 1.76 bits per heavy atom. The summed E-state index contributed by atoms with van der Waals surface area (Å²) in [5.74, 6) is 0.838. The molecule has 29 heavy (non-hydrogen) atoms. The van der Waals surface area contributed by atoms with Crippen molar-refractivity contribution in [2.45, 2.75) is 18.9 Å². The predicted molar refractivity (Wildman–Crippen MR) is 115 cm³/mol. The van der Waals surface area contributed by atoms with Gasteiger partial charge in [-0.15, -0.1) is 0 Å². The quantitative estimate of drug-likeness (QED) is 0.604. The number of carbonyl (C=O) groups is 1. The molecular weight excluding hydrogens is 386 g/mol. The van der Waals surface area contributed by atoms with Gasteiger partial charge in [0.2, 0.25) is 0 Å². The lowest BCUT2D eigenvalue weighted by molar-refractivity contribution is 0.140. The molecule has 0 fully saturated rings. The van der Waals surface area contributed by atoms with Crippen molar-refractivity contribution >= 4 is 17.7 Å². The zero-order valence-corrected chi connectivity index (χ0v) is 16.7. The first-order chi connectivity index (χ1) is 14.2. The van der Waals surface area contributed by atoms with E-state index >= 15 is 0 Å². The highest BCUT2D eigenvalue weighted by Crippen LogP contribution is 2.41. The monoisotopic (exact) mass is 407 g/mol. The molecule has 0 radical (unpaired) electrons. The van der Waals surface area contributed by atoms with Gasteiger partial charge in [0.1, 0.15) is 11.9 Å². The Morgan fingerprint density at radius 3 is 2.59 bits per heavy atom. The highest BCUT2D eigenvalue weighted by Gasteiger charge is 2.26. The maximum absolute atomic E-state index is 12.0. The van der Waals surface area contributed by atoms with E-state index in [0.29, 0.717) is 24.6 Å². The largest absolute Gasteiger partial charge is 0.487 e. The number of fused-ring (bicyclic) bond motifs is 1. The summed E-state index contributed by atoms with van der Waals surface area (Å²) >= 11 is 6.36. The molecule has 1 atom stereocenters. The van der Waals surface area contributed by atoms with Crippen LogP contribution in [0.3, 0.4) is 0 Å². The number of ether oxygens (including phenoxy) is 2. The molecule has 1 unspecified atom stereocenters. The predicted octanol–water partition coefficient (Wildman–Crippen LogP) is 5.28. The van der Waals surface area contributed by atoms with Gasteiger partial charge in [-0.05, 0) is 17.2 Å². The summed E-state index contributed by atoms with van der Waals surface area (Å²) in [7, 11) is 0. The van der Waals surface area contributed by atoms with Crippen molar-refractivity contribution in [1.29, 1.82) is 0 Å². The molecule has 0 saturated carbocycles. The Kier molecular flexibility index (Phi) is 6.01. The number of hydrogen-bond acceptors (Lipinski definition) is 3. The number of rotatable bonds is 6. The van der Waals surface area contributed by atoms with Gasteiger partial charge in [0, 0.05) is 29.0 Å². The van der Waals surface area contributed by atoms with Gasteiger partial charge in [0.25, 0.3) is 0 Å². The first kappa shape index (κ1) is 19.3. The third kappa shape index (κ3) is 4.72. The lowest BCUT2D eigenvalue weighted by Crippen LogP contribution is -2.35. The van der Waals surface area contributed by atoms with Crippen LogP contribution in [0.15, 0.2) is 72.8 Å². The molecule has 1 amide bonds. The van der Waals surface area contributed by atoms with Gasteiger partial charge in [0.15, 0.2) is 0 Å². The smallest absolute Gasteiger partial charge is 0.407 e. The lowest BCUT2D eigenvalue weighted by atomic mass is 10.0. The van der Waals surface area contributed by atoms with E-state index in [9.17, 15) is 4.79 Å². The summed E-state index contributed by atoms with van der Waals surface area (Å²) in [5, 5.41) is 3.49. The van der Waals surface area contributed by atoms with Crippen molar-refractivity contribution in [2.75, 3.05) is 13.2 Å². The molecule has 0 spiro atoms. The maximum atomic E-state index is 12.0. The van der Waals surface area contributed by atoms with Crippen LogP contribution < -0.4 is 10.1 Å². The summed E-state index contributed by atoms with van der Waals surface area (Å²) in [5.41, 5.74) is 4.18. The fourth-order valence-electron chi connectivity index (χ4n) is 3.50. The Hall–Kier alpha value is -2.98. The number of alkyl carbamates (subject to hydrolysis) is 1. The van der Waals surface area contributed by atoms with Gasteiger partial charge in [0.05, 0.1) is 13.2 Å². The molecule has 3 aromatic carbocycles. The molecule has 0 aliphatic carbocycles. The number of nitrogens with one attached hydrogen (secondary N) is 1. The van der Waals surface area contributed by atoms with Crippen molar-refractivity contribution in [3.8, 4) is 16.9 Å². The van der Waals surface area contributed by atoms with Crippen LogP contribution >= 0.6 is 11.6 Å². The van der Waals surface area contributed by atoms with Gasteiger partial charge in [-0.25, -0.2) is 4.79 Å². The van der Waals surface area contributed by atoms with Gasteiger partial charge in [-0.2, -0.15) is 0 Å². The van der Waals surface area contributed by atoms with Gasteiger partial charge in [-0.1, -0.05) is 78.3 Å². The second kappa shape index (κ2) is 9.01. The van der Waals surface area contributed by atoms with Crippen LogP contribution in [0.1, 0.15) is 11.1 Å². The molecule has 5 heteroatoms. The highest BCUT2D eigenvalue weighted by atomic mass is 35.5. The van der Waals surface area contributed by atoms with E-state index in [4.69, 9.17) is 21.1 Å². The molecular formula is C24H22ClNO3. The Morgan fingerprint density at radius 1 is 1.00 bits per heavy atom. The van der Waals surface area contributed by atoms with Crippen molar-refractivity contribution in [3.63, 3.8) is 0 Å². The van der Waals surface area contributed by atoms with Crippen LogP contribution in [0, 0.1) is 0 Å². The van der Waals surface area contributed by atoms with E-state index < -0.39 is 6.09 Å². The summed E-state index contributed by atoms with van der Waals surface area (Å²) in [4.78, 5) is 12.0. The summed E-state index contributed by atoms with van der Waals surface area (Å²) in [6.45, 7) is 0.735. The summed E-state index contributed by atoms with van der Waals surface area (Å²) in [6.07, 6.45) is 0.876. The van der Waals surface area contributed by atoms with Crippen LogP contribution in [0.25, 0.3) is 11.1 Å². The fourth-order valence-corrected chi connectivity index (χ4v) is 3.74. The van der Waals surface area contributed by atoms with Gasteiger partial charge < -0.3 is 14.8 Å². The van der Waals surface area contributed by atoms with Crippen LogP contribution in [0.2, 0.25) is 5.02 Å². The topological polar surface area (TPSA) is 47.6 Å². The Labute approximate surface area is 175 Å². The van der Waals surface area contributed by atoms with Crippen LogP contribution in [-0.4, -0.2) is 25.3 Å². The molecule has 4 rings (SSSR count). The Bertz CT molecular complexity index is 990. The molecule has 1 aliphatic heterocycles. The molecule has 1 aliphatic rings. The van der Waals surface area contributed by atoms with E-state index in [1.165, 1.54) is 0 Å². The minimum Gasteiger partial charge on any atom is -0.487 e. The van der Waals surface area contributed by atoms with Crippen LogP contribution in [0.4, 0.5) is 4.79 Å². The van der Waals surface area contributed by atoms with E-state index in [1.807, 2.05) is 72.8 Å². The van der Waals surface area contributed by atoms with Crippen LogP contribution in [-0.2, 0) is 17.6 Å². The number of amides is 1. The molecule has 1 heterocycles. The fraction of sp³-hybridized carbons (Fsp3) is 0.208. The maximum Gasteiger partial charge on any atom is 0.407 e. The number of benzene rings is 3. The Balaban J connectivity index is 1.30. The van der Waals surface area contributed by atoms with Crippen molar-refractivity contribution < 1.29 is 14.3 Å². The second-order valence-electron chi connectivity index (χ2n) is 6.97. The zero-order chi connectivity index (χ0) is 20.1. The number of halogens is 1. The molecule has 0 saturated heterocycles. The lowest BCUT2D eigenvalue weighted by Gasteiger charge is -2.14. The average Bonchev–Trinajstić information content (AvgIpc) is 3.17. The molecule has 0 aromatic heterocycles. The molecule has 0 bridgehead atoms. The van der Waals surface area contributed by atoms with E-state index in [2.05, 4.69) is 5.32 Å². The second-order valence-corrected chi connectivity index (χ2v) is 7.38. The van der Waals surface area contributed by atoms with Crippen molar-refractivity contribution in [3.05, 3.63) is 88.9 Å². The number of carbonyl (C=O) groups excluding carboxylic acids is 1. The van der Waals surface area contributed by atoms with Crippen molar-refractivity contribution in [1.82, 2.24) is 5.32 Å². The first-order valence-electron chi connectivity index (χ1n) is 9.68. The normalized spacial score (nSPS) is 14.7. The third-order valence-electron chi connectivity index (χ3n) is 4.93. The summed E-state index contributed by atoms with van der Waals surface area (Å²) < 4.78 is 11.4. The minimum absolute atomic E-state index is 0.129. The number of hydrogen-bond donors (Lipinski definition) is 1. The average molecular weight is 408 g/mol. The number of para-hydroxylation sites is 1. The van der Waals surface area contributed by atoms with E-state index in [0.717, 1.165) is 34.4 Å². The van der Waals surface area contributed by atoms with Gasteiger partial charge >= 0.3 is 6.09 Å². The molecule has 3 aromatic rings. The molecule has 1 N–H and O–H groups in total. The first-order valence-corrected chi connectivity index (χ1v) is 10.1. The van der Waals surface area contributed by atoms with Gasteiger partial charge in [-0.3, -0.25) is 0 Å². The van der Waals surface area contributed by atoms with E-state index in [1.54, 1.807) is 0 Å². The van der Waals surface area contributed by atoms with Crippen molar-refractivity contribution in [2.24, 2.45) is 0 Å². The minimum atomic E-state index is -0.424. The third-order valence-corrected chi connectivity index (χ3v) is 5.26. The molecule has 4 nitrogen and oxygen atoms in total. The molecule has 148 valence electrons. The summed E-state index contributed by atoms with van der Waals surface area (Å²) in [6, 6.07) is 23.7.